The van der Waals surface area contributed by atoms with E-state index in [-0.39, 0.29) is 42.7 Å². The minimum Gasteiger partial charge on any atom is -0.456 e. The number of hydrogen-bond donors (Lipinski definition) is 2. The van der Waals surface area contributed by atoms with E-state index in [9.17, 15) is 14.4 Å². The minimum atomic E-state index is -0.355. The van der Waals surface area contributed by atoms with E-state index in [1.807, 2.05) is 36.6 Å². The normalized spacial score (nSPS) is 20.5. The number of fused-ring (bicyclic) bond motifs is 5. The molecule has 10 nitrogen and oxygen atoms in total. The Labute approximate surface area is 230 Å². The van der Waals surface area contributed by atoms with Crippen molar-refractivity contribution in [3.8, 4) is 11.5 Å². The maximum absolute atomic E-state index is 13.0. The summed E-state index contributed by atoms with van der Waals surface area (Å²) in [5.74, 6) is 0.601. The summed E-state index contributed by atoms with van der Waals surface area (Å²) in [7, 11) is 0. The molecule has 3 amide bonds. The van der Waals surface area contributed by atoms with Crippen molar-refractivity contribution in [2.45, 2.75) is 51.4 Å². The summed E-state index contributed by atoms with van der Waals surface area (Å²) in [5.41, 5.74) is 2.04. The zero-order chi connectivity index (χ0) is 27.2. The molecule has 0 radical (unpaired) electrons. The Hall–Kier alpha value is -3.83. The van der Waals surface area contributed by atoms with Crippen LogP contribution < -0.4 is 15.4 Å². The van der Waals surface area contributed by atoms with Crippen molar-refractivity contribution in [2.24, 2.45) is 0 Å². The Morgan fingerprint density at radius 3 is 2.95 bits per heavy atom. The summed E-state index contributed by atoms with van der Waals surface area (Å²) in [5, 5.41) is 8.74. The molecule has 2 aromatic heterocycles. The fourth-order valence-electron chi connectivity index (χ4n) is 4.72. The van der Waals surface area contributed by atoms with Gasteiger partial charge in [-0.2, -0.15) is 0 Å². The molecule has 0 unspecified atom stereocenters. The summed E-state index contributed by atoms with van der Waals surface area (Å²) < 4.78 is 12.3. The van der Waals surface area contributed by atoms with Gasteiger partial charge in [-0.1, -0.05) is 12.1 Å². The minimum absolute atomic E-state index is 0.0160. The first-order chi connectivity index (χ1) is 18.9. The number of ether oxygens (including phenoxy) is 2. The topological polar surface area (TPSA) is 123 Å². The number of benzene rings is 1. The molecule has 4 heterocycles. The van der Waals surface area contributed by atoms with Crippen LogP contribution in [-0.4, -0.2) is 64.4 Å². The fourth-order valence-corrected chi connectivity index (χ4v) is 5.33. The van der Waals surface area contributed by atoms with Gasteiger partial charge in [-0.15, -0.1) is 11.3 Å². The Kier molecular flexibility index (Phi) is 8.48. The lowest BCUT2D eigenvalue weighted by atomic mass is 10.0. The third-order valence-electron chi connectivity index (χ3n) is 6.69. The number of carbonyl (C=O) groups excluding carboxylic acids is 3. The second-order valence-corrected chi connectivity index (χ2v) is 10.8. The highest BCUT2D eigenvalue weighted by Crippen LogP contribution is 2.24. The van der Waals surface area contributed by atoms with Gasteiger partial charge in [-0.25, -0.2) is 4.98 Å². The molecule has 1 saturated heterocycles. The highest BCUT2D eigenvalue weighted by Gasteiger charge is 2.33. The van der Waals surface area contributed by atoms with E-state index >= 15 is 0 Å². The number of rotatable bonds is 2. The summed E-state index contributed by atoms with van der Waals surface area (Å²) >= 11 is 1.52. The van der Waals surface area contributed by atoms with Gasteiger partial charge in [0.25, 0.3) is 5.91 Å². The van der Waals surface area contributed by atoms with Crippen LogP contribution >= 0.6 is 11.3 Å². The molecule has 39 heavy (non-hydrogen) atoms. The van der Waals surface area contributed by atoms with Gasteiger partial charge in [0.05, 0.1) is 47.6 Å². The van der Waals surface area contributed by atoms with Gasteiger partial charge in [-0.05, 0) is 43.5 Å². The van der Waals surface area contributed by atoms with Crippen molar-refractivity contribution in [1.82, 2.24) is 25.5 Å². The van der Waals surface area contributed by atoms with E-state index in [1.165, 1.54) is 17.5 Å². The molecule has 2 aliphatic rings. The second kappa shape index (κ2) is 12.4. The first-order valence-corrected chi connectivity index (χ1v) is 13.9. The zero-order valence-electron chi connectivity index (χ0n) is 21.7. The number of nitrogens with zero attached hydrogens (tertiary/aromatic N) is 3. The van der Waals surface area contributed by atoms with Crippen molar-refractivity contribution in [2.75, 3.05) is 19.6 Å². The predicted molar refractivity (Wildman–Crippen MR) is 145 cm³/mol. The molecule has 3 aromatic rings. The van der Waals surface area contributed by atoms with Crippen LogP contribution in [0.15, 0.2) is 48.1 Å². The van der Waals surface area contributed by atoms with E-state index in [1.54, 1.807) is 17.2 Å². The maximum Gasteiger partial charge on any atom is 0.252 e. The van der Waals surface area contributed by atoms with Crippen LogP contribution in [-0.2, 0) is 27.4 Å². The van der Waals surface area contributed by atoms with Gasteiger partial charge < -0.3 is 25.0 Å². The molecule has 0 spiro atoms. The third kappa shape index (κ3) is 7.18. The molecule has 1 fully saturated rings. The van der Waals surface area contributed by atoms with Gasteiger partial charge >= 0.3 is 0 Å². The summed E-state index contributed by atoms with van der Waals surface area (Å²) in [4.78, 5) is 48.8. The molecule has 2 atom stereocenters. The fraction of sp³-hybridized carbons (Fsp3) is 0.393. The number of pyridine rings is 1. The van der Waals surface area contributed by atoms with Crippen molar-refractivity contribution in [3.63, 3.8) is 0 Å². The number of likely N-dealkylation sites (tertiary alicyclic amines) is 1. The molecule has 11 heteroatoms. The Morgan fingerprint density at radius 1 is 1.21 bits per heavy atom. The van der Waals surface area contributed by atoms with Gasteiger partial charge in [-0.3, -0.25) is 19.4 Å². The highest BCUT2D eigenvalue weighted by molar-refractivity contribution is 7.09. The van der Waals surface area contributed by atoms with Crippen LogP contribution in [0.3, 0.4) is 0 Å². The molecular formula is C28H31N5O5S. The molecular weight excluding hydrogens is 518 g/mol. The van der Waals surface area contributed by atoms with Crippen LogP contribution in [0.2, 0.25) is 0 Å². The Balaban J connectivity index is 1.31. The molecule has 204 valence electrons. The molecule has 0 saturated carbocycles. The lowest BCUT2D eigenvalue weighted by molar-refractivity contribution is -0.136. The molecule has 5 rings (SSSR count). The maximum atomic E-state index is 13.0. The smallest absolute Gasteiger partial charge is 0.252 e. The van der Waals surface area contributed by atoms with Crippen molar-refractivity contribution < 1.29 is 23.9 Å². The van der Waals surface area contributed by atoms with Crippen molar-refractivity contribution >= 4 is 29.1 Å². The van der Waals surface area contributed by atoms with Crippen LogP contribution in [0.1, 0.15) is 45.9 Å². The van der Waals surface area contributed by atoms with Crippen LogP contribution in [0.4, 0.5) is 0 Å². The number of aromatic nitrogens is 2. The van der Waals surface area contributed by atoms with E-state index in [0.717, 1.165) is 16.3 Å². The largest absolute Gasteiger partial charge is 0.456 e. The number of piperidine rings is 1. The van der Waals surface area contributed by atoms with Gasteiger partial charge in [0.15, 0.2) is 0 Å². The monoisotopic (exact) mass is 549 g/mol. The first kappa shape index (κ1) is 26.8. The second-order valence-electron chi connectivity index (χ2n) is 9.70. The van der Waals surface area contributed by atoms with Crippen LogP contribution in [0.5, 0.6) is 11.5 Å². The van der Waals surface area contributed by atoms with E-state index in [0.29, 0.717) is 56.1 Å². The lowest BCUT2D eigenvalue weighted by Crippen LogP contribution is -2.57. The number of aryl methyl sites for hydroxylation is 1. The van der Waals surface area contributed by atoms with E-state index in [4.69, 9.17) is 9.47 Å². The highest BCUT2D eigenvalue weighted by atomic mass is 32.1. The molecule has 2 aliphatic heterocycles. The lowest BCUT2D eigenvalue weighted by Gasteiger charge is -2.39. The zero-order valence-corrected chi connectivity index (χ0v) is 22.5. The van der Waals surface area contributed by atoms with Crippen LogP contribution in [0, 0.1) is 6.92 Å². The number of amides is 3. The van der Waals surface area contributed by atoms with Gasteiger partial charge in [0.1, 0.15) is 11.5 Å². The SMILES string of the molecule is Cc1nc(CC(=O)N2CC[C@@H]3OCc4cccc(c4)Oc4cncc(c4)C(=O)NCCCC(=O)N[C@H]3C2)cs1. The average molecular weight is 550 g/mol. The molecule has 4 bridgehead atoms. The quantitative estimate of drug-likeness (QED) is 0.504. The first-order valence-electron chi connectivity index (χ1n) is 13.0. The number of thiazole rings is 1. The third-order valence-corrected chi connectivity index (χ3v) is 7.51. The van der Waals surface area contributed by atoms with Crippen LogP contribution in [0.25, 0.3) is 0 Å². The Morgan fingerprint density at radius 2 is 2.10 bits per heavy atom. The predicted octanol–water partition coefficient (Wildman–Crippen LogP) is 3.01. The molecule has 0 aliphatic carbocycles. The molecule has 1 aromatic carbocycles. The average Bonchev–Trinajstić information content (AvgIpc) is 3.34. The Bertz CT molecular complexity index is 1350. The van der Waals surface area contributed by atoms with Gasteiger partial charge in [0, 0.05) is 37.6 Å². The number of nitrogens with one attached hydrogen (secondary N) is 2. The summed E-state index contributed by atoms with van der Waals surface area (Å²) in [6, 6.07) is 8.79. The molecule has 2 N–H and O–H groups in total. The van der Waals surface area contributed by atoms with Crippen molar-refractivity contribution in [3.05, 3.63) is 69.9 Å². The number of carbonyl (C=O) groups is 3. The van der Waals surface area contributed by atoms with E-state index < -0.39 is 0 Å². The summed E-state index contributed by atoms with van der Waals surface area (Å²) in [6.45, 7) is 3.47. The van der Waals surface area contributed by atoms with Crippen molar-refractivity contribution in [1.29, 1.82) is 0 Å². The standard InChI is InChI=1S/C28H31N5O5S/c1-18-31-21(17-39-18)12-27(35)33-9-7-25-24(15-33)32-26(34)6-3-8-30-28(36)20-11-23(14-29-13-20)38-22-5-2-4-19(10-22)16-37-25/h2,4-5,10-11,13-14,17,24-25H,3,6-9,12,15-16H2,1H3,(H,30,36)(H,32,34)/t24-,25-/m0/s1. The number of hydrogen-bond acceptors (Lipinski definition) is 8. The summed E-state index contributed by atoms with van der Waals surface area (Å²) in [6.07, 6.45) is 4.30. The van der Waals surface area contributed by atoms with Gasteiger partial charge in [0.2, 0.25) is 11.8 Å². The van der Waals surface area contributed by atoms with E-state index in [2.05, 4.69) is 20.6 Å².